The van der Waals surface area contributed by atoms with Crippen LogP contribution in [0.4, 0.5) is 4.39 Å². The van der Waals surface area contributed by atoms with Crippen molar-refractivity contribution in [2.75, 3.05) is 13.2 Å². The highest BCUT2D eigenvalue weighted by Gasteiger charge is 2.83. The molecule has 0 aromatic heterocycles. The van der Waals surface area contributed by atoms with Crippen LogP contribution < -0.4 is 0 Å². The highest BCUT2D eigenvalue weighted by molar-refractivity contribution is 6.01. The molecular formula is C26H34FN4O12. The largest absolute Gasteiger partial charge is 0.351 e. The molecule has 3 saturated carbocycles. The first-order chi connectivity index (χ1) is 19.8. The van der Waals surface area contributed by atoms with E-state index in [-0.39, 0.29) is 31.7 Å². The average Bonchev–Trinajstić information content (AvgIpc) is 3.26. The lowest BCUT2D eigenvalue weighted by Gasteiger charge is -2.64. The Bertz CT molecular complexity index is 1330. The quantitative estimate of drug-likeness (QED) is 0.286. The number of hydroxylamine groups is 2. The average molecular weight is 614 g/mol. The van der Waals surface area contributed by atoms with Crippen LogP contribution in [-0.4, -0.2) is 68.0 Å². The molecule has 1 heterocycles. The van der Waals surface area contributed by atoms with Crippen LogP contribution in [0, 0.1) is 58.9 Å². The molecule has 1 radical (unpaired) electrons. The third-order valence-corrected chi connectivity index (χ3v) is 11.1. The number of allylic oxidation sites excluding steroid dienone is 4. The van der Waals surface area contributed by atoms with Crippen molar-refractivity contribution in [1.82, 2.24) is 5.06 Å². The standard InChI is InChI=1S/C26H34FN4O12/c1-15-10-19-18-7-6-16-11-17(32)8-9-22(16,4)25(18,27)20(42-30(36)37)12-23(19,5)26(15,43-31(38)39)24(14-41-29(34)35)28(33)21(2,3)13-40-24/h8-9,11,15,18-20H,6-7,10,12-14H2,1-5H3/t15-,18?,19?,20+,22+,23+,24?,25+,26-/m1/s1. The van der Waals surface area contributed by atoms with Gasteiger partial charge in [0.05, 0.1) is 12.1 Å². The minimum Gasteiger partial charge on any atom is -0.351 e. The molecule has 0 spiro atoms. The maximum absolute atomic E-state index is 18.0. The van der Waals surface area contributed by atoms with E-state index >= 15 is 4.39 Å². The van der Waals surface area contributed by atoms with Crippen molar-refractivity contribution in [3.63, 3.8) is 0 Å². The normalized spacial score (nSPS) is 44.9. The van der Waals surface area contributed by atoms with Gasteiger partial charge in [-0.3, -0.25) is 4.79 Å². The Balaban J connectivity index is 1.76. The molecule has 0 aromatic rings. The lowest BCUT2D eigenvalue weighted by Crippen LogP contribution is -2.77. The Labute approximate surface area is 245 Å². The fraction of sp³-hybridized carbons (Fsp3) is 0.808. The predicted octanol–water partition coefficient (Wildman–Crippen LogP) is 3.13. The van der Waals surface area contributed by atoms with Crippen molar-refractivity contribution >= 4 is 5.78 Å². The lowest BCUT2D eigenvalue weighted by molar-refractivity contribution is -0.805. The zero-order valence-corrected chi connectivity index (χ0v) is 24.3. The summed E-state index contributed by atoms with van der Waals surface area (Å²) in [7, 11) is 0. The van der Waals surface area contributed by atoms with Gasteiger partial charge in [-0.2, -0.15) is 0 Å². The van der Waals surface area contributed by atoms with Gasteiger partial charge in [-0.05, 0) is 70.4 Å². The molecule has 237 valence electrons. The van der Waals surface area contributed by atoms with Gasteiger partial charge in [0.25, 0.3) is 15.3 Å². The number of ketones is 1. The number of fused-ring (bicyclic) bond motifs is 5. The third-order valence-electron chi connectivity index (χ3n) is 11.1. The van der Waals surface area contributed by atoms with Crippen LogP contribution in [0.25, 0.3) is 0 Å². The first-order valence-corrected chi connectivity index (χ1v) is 14.0. The minimum absolute atomic E-state index is 0.0431. The molecule has 4 aliphatic carbocycles. The van der Waals surface area contributed by atoms with Gasteiger partial charge in [-0.25, -0.2) is 4.39 Å². The van der Waals surface area contributed by atoms with E-state index in [1.54, 1.807) is 13.8 Å². The number of alkyl halides is 1. The van der Waals surface area contributed by atoms with Crippen molar-refractivity contribution < 1.29 is 48.9 Å². The van der Waals surface area contributed by atoms with Crippen LogP contribution in [0.15, 0.2) is 23.8 Å². The molecule has 17 heteroatoms. The monoisotopic (exact) mass is 613 g/mol. The third kappa shape index (κ3) is 3.86. The molecule has 0 N–H and O–H groups in total. The first kappa shape index (κ1) is 31.0. The molecule has 3 unspecified atom stereocenters. The van der Waals surface area contributed by atoms with E-state index in [1.807, 2.05) is 0 Å². The number of hydrogen-bond acceptors (Lipinski definition) is 12. The summed E-state index contributed by atoms with van der Waals surface area (Å²) in [6, 6.07) is 0. The van der Waals surface area contributed by atoms with Crippen molar-refractivity contribution in [3.8, 4) is 0 Å². The van der Waals surface area contributed by atoms with E-state index in [0.717, 1.165) is 0 Å². The van der Waals surface area contributed by atoms with E-state index < -0.39 is 85.5 Å². The van der Waals surface area contributed by atoms with Gasteiger partial charge in [-0.15, -0.1) is 40.6 Å². The van der Waals surface area contributed by atoms with Crippen molar-refractivity contribution in [3.05, 3.63) is 54.1 Å². The summed E-state index contributed by atoms with van der Waals surface area (Å²) in [5, 5.41) is 46.6. The van der Waals surface area contributed by atoms with E-state index in [9.17, 15) is 40.3 Å². The molecule has 0 aromatic carbocycles. The number of hydrogen-bond donors (Lipinski definition) is 0. The van der Waals surface area contributed by atoms with Crippen LogP contribution >= 0.6 is 0 Å². The fourth-order valence-electron chi connectivity index (χ4n) is 9.44. The van der Waals surface area contributed by atoms with E-state index in [0.29, 0.717) is 10.6 Å². The number of rotatable bonds is 8. The molecule has 1 aliphatic heterocycles. The number of ether oxygens (including phenoxy) is 1. The molecule has 4 fully saturated rings. The van der Waals surface area contributed by atoms with Crippen LogP contribution in [0.5, 0.6) is 0 Å². The summed E-state index contributed by atoms with van der Waals surface area (Å²) in [6.45, 7) is 6.14. The van der Waals surface area contributed by atoms with Crippen molar-refractivity contribution in [2.24, 2.45) is 28.6 Å². The minimum atomic E-state index is -2.49. The number of carbonyl (C=O) groups excluding carboxylic acids is 1. The highest BCUT2D eigenvalue weighted by atomic mass is 19.1. The van der Waals surface area contributed by atoms with E-state index in [4.69, 9.17) is 19.2 Å². The second-order valence-corrected chi connectivity index (χ2v) is 13.4. The van der Waals surface area contributed by atoms with Crippen LogP contribution in [-0.2, 0) is 29.3 Å². The maximum Gasteiger partial charge on any atom is 0.295 e. The topological polar surface area (TPSA) is 207 Å². The number of carbonyl (C=O) groups is 1. The Kier molecular flexibility index (Phi) is 6.87. The van der Waals surface area contributed by atoms with Gasteiger partial charge >= 0.3 is 0 Å². The van der Waals surface area contributed by atoms with Crippen LogP contribution in [0.1, 0.15) is 60.3 Å². The molecule has 9 atom stereocenters. The lowest BCUT2D eigenvalue weighted by atomic mass is 9.44. The molecule has 5 rings (SSSR count). The predicted molar refractivity (Wildman–Crippen MR) is 138 cm³/mol. The SMILES string of the molecule is C[C@@H]1CC2C3CCC4=CC(=O)C=C[C@]4(C)[C@@]3(F)[C@@H](O[N+](=O)[O-])C[C@]2(C)[C@@]1(O[N+](=O)[O-])C1(CO[N+](=O)[O-])OCC(C)(C)N1[O]. The first-order valence-electron chi connectivity index (χ1n) is 14.0. The zero-order valence-electron chi connectivity index (χ0n) is 24.3. The molecule has 5 aliphatic rings. The molecule has 16 nitrogen and oxygen atoms in total. The molecule has 43 heavy (non-hydrogen) atoms. The van der Waals surface area contributed by atoms with Gasteiger partial charge in [0.1, 0.15) is 12.7 Å². The second kappa shape index (κ2) is 9.53. The van der Waals surface area contributed by atoms with Gasteiger partial charge in [0.2, 0.25) is 5.72 Å². The van der Waals surface area contributed by atoms with E-state index in [2.05, 4.69) is 0 Å². The Morgan fingerprint density at radius 2 is 1.77 bits per heavy atom. The van der Waals surface area contributed by atoms with Crippen molar-refractivity contribution in [1.29, 1.82) is 0 Å². The van der Waals surface area contributed by atoms with Gasteiger partial charge in [0, 0.05) is 16.7 Å². The Morgan fingerprint density at radius 1 is 1.09 bits per heavy atom. The summed E-state index contributed by atoms with van der Waals surface area (Å²) >= 11 is 0. The smallest absolute Gasteiger partial charge is 0.295 e. The van der Waals surface area contributed by atoms with Crippen molar-refractivity contribution in [2.45, 2.75) is 88.9 Å². The van der Waals surface area contributed by atoms with Gasteiger partial charge in [-0.1, -0.05) is 25.5 Å². The highest BCUT2D eigenvalue weighted by Crippen LogP contribution is 2.74. The van der Waals surface area contributed by atoms with E-state index in [1.165, 1.54) is 39.0 Å². The molecule has 0 amide bonds. The maximum atomic E-state index is 18.0. The van der Waals surface area contributed by atoms with Crippen LogP contribution in [0.2, 0.25) is 0 Å². The summed E-state index contributed by atoms with van der Waals surface area (Å²) in [6.07, 6.45) is 1.91. The van der Waals surface area contributed by atoms with Gasteiger partial charge in [0.15, 0.2) is 17.1 Å². The molecule has 0 bridgehead atoms. The summed E-state index contributed by atoms with van der Waals surface area (Å²) in [5.74, 6) is -3.16. The second-order valence-electron chi connectivity index (χ2n) is 13.4. The van der Waals surface area contributed by atoms with Gasteiger partial charge < -0.3 is 19.2 Å². The molecular weight excluding hydrogens is 579 g/mol. The number of nitrogens with zero attached hydrogens (tertiary/aromatic N) is 4. The summed E-state index contributed by atoms with van der Waals surface area (Å²) in [5.41, 5.74) is -11.4. The van der Waals surface area contributed by atoms with Crippen LogP contribution in [0.3, 0.4) is 0 Å². The summed E-state index contributed by atoms with van der Waals surface area (Å²) < 4.78 is 24.1. The molecule has 1 saturated heterocycles. The Morgan fingerprint density at radius 3 is 2.33 bits per heavy atom. The Hall–Kier alpha value is -3.44. The summed E-state index contributed by atoms with van der Waals surface area (Å²) in [4.78, 5) is 63.0. The zero-order chi connectivity index (χ0) is 32.0. The number of halogens is 1. The fourth-order valence-corrected chi connectivity index (χ4v) is 9.44.